The molecule has 2 aromatic rings. The molecule has 27 heavy (non-hydrogen) atoms. The van der Waals surface area contributed by atoms with Gasteiger partial charge in [-0.25, -0.2) is 0 Å². The molecule has 0 atom stereocenters. The van der Waals surface area contributed by atoms with Crippen LogP contribution in [0, 0.1) is 6.92 Å². The first kappa shape index (κ1) is 20.3. The number of aryl methyl sites for hydroxylation is 1. The minimum Gasteiger partial charge on any atom is -0.484 e. The number of anilines is 1. The second-order valence-electron chi connectivity index (χ2n) is 5.90. The summed E-state index contributed by atoms with van der Waals surface area (Å²) in [5, 5.41) is 2.19. The summed E-state index contributed by atoms with van der Waals surface area (Å²) in [7, 11) is 1.37. The third-order valence-corrected chi connectivity index (χ3v) is 3.76. The molecule has 0 radical (unpaired) electrons. The average Bonchev–Trinajstić information content (AvgIpc) is 2.60. The lowest BCUT2D eigenvalue weighted by atomic mass is 10.1. The minimum absolute atomic E-state index is 0.284. The van der Waals surface area contributed by atoms with Gasteiger partial charge in [-0.1, -0.05) is 30.3 Å². The molecule has 2 aromatic carbocycles. The lowest BCUT2D eigenvalue weighted by Crippen LogP contribution is -2.37. The van der Waals surface area contributed by atoms with E-state index in [4.69, 9.17) is 4.74 Å². The Morgan fingerprint density at radius 3 is 2.37 bits per heavy atom. The summed E-state index contributed by atoms with van der Waals surface area (Å²) < 4.78 is 44.3. The number of nitrogens with zero attached hydrogens (tertiary/aromatic N) is 1. The van der Waals surface area contributed by atoms with Crippen molar-refractivity contribution in [1.29, 1.82) is 0 Å². The number of benzene rings is 2. The van der Waals surface area contributed by atoms with Crippen LogP contribution in [0.25, 0.3) is 0 Å². The molecule has 2 amide bonds. The number of alkyl halides is 3. The molecule has 0 aliphatic heterocycles. The molecule has 0 unspecified atom stereocenters. The number of carbonyl (C=O) groups excluding carboxylic acids is 2. The maximum atomic E-state index is 13.0. The van der Waals surface area contributed by atoms with Gasteiger partial charge in [0, 0.05) is 7.05 Å². The van der Waals surface area contributed by atoms with E-state index in [1.165, 1.54) is 19.2 Å². The fraction of sp³-hybridized carbons (Fsp3) is 0.263. The summed E-state index contributed by atoms with van der Waals surface area (Å²) in [6.45, 7) is 1.14. The molecule has 0 saturated carbocycles. The van der Waals surface area contributed by atoms with Gasteiger partial charge in [-0.3, -0.25) is 9.59 Å². The number of carbonyl (C=O) groups is 2. The Morgan fingerprint density at radius 2 is 1.70 bits per heavy atom. The minimum atomic E-state index is -4.59. The van der Waals surface area contributed by atoms with E-state index < -0.39 is 30.1 Å². The van der Waals surface area contributed by atoms with Gasteiger partial charge in [-0.2, -0.15) is 13.2 Å². The number of rotatable bonds is 6. The maximum absolute atomic E-state index is 13.0. The number of para-hydroxylation sites is 2. The van der Waals surface area contributed by atoms with Gasteiger partial charge in [-0.15, -0.1) is 0 Å². The predicted octanol–water partition coefficient (Wildman–Crippen LogP) is 3.49. The van der Waals surface area contributed by atoms with Crippen LogP contribution < -0.4 is 10.1 Å². The number of ether oxygens (including phenoxy) is 1. The molecule has 0 aliphatic rings. The van der Waals surface area contributed by atoms with Crippen molar-refractivity contribution in [2.24, 2.45) is 0 Å². The molecule has 0 spiro atoms. The van der Waals surface area contributed by atoms with E-state index in [1.807, 2.05) is 19.1 Å². The number of hydrogen-bond donors (Lipinski definition) is 1. The zero-order valence-electron chi connectivity index (χ0n) is 14.8. The van der Waals surface area contributed by atoms with Crippen molar-refractivity contribution >= 4 is 17.5 Å². The standard InChI is InChI=1S/C19H19F3N2O3/c1-13-7-3-6-10-16(13)27-12-18(26)24(2)11-17(25)23-15-9-5-4-8-14(15)19(20,21)22/h3-10H,11-12H2,1-2H3,(H,23,25). The van der Waals surface area contributed by atoms with E-state index in [1.54, 1.807) is 12.1 Å². The van der Waals surface area contributed by atoms with Gasteiger partial charge in [0.05, 0.1) is 17.8 Å². The van der Waals surface area contributed by atoms with Crippen molar-refractivity contribution in [2.45, 2.75) is 13.1 Å². The van der Waals surface area contributed by atoms with E-state index in [0.717, 1.165) is 22.6 Å². The van der Waals surface area contributed by atoms with Crippen molar-refractivity contribution in [1.82, 2.24) is 4.90 Å². The summed E-state index contributed by atoms with van der Waals surface area (Å²) in [5.41, 5.74) is -0.448. The lowest BCUT2D eigenvalue weighted by Gasteiger charge is -2.19. The van der Waals surface area contributed by atoms with Crippen molar-refractivity contribution in [3.8, 4) is 5.75 Å². The molecule has 0 fully saturated rings. The summed E-state index contributed by atoms with van der Waals surface area (Å²) in [5.74, 6) is -0.668. The third-order valence-electron chi connectivity index (χ3n) is 3.76. The highest BCUT2D eigenvalue weighted by atomic mass is 19.4. The van der Waals surface area contributed by atoms with Crippen LogP contribution in [0.3, 0.4) is 0 Å². The summed E-state index contributed by atoms with van der Waals surface area (Å²) >= 11 is 0. The number of likely N-dealkylation sites (N-methyl/N-ethyl adjacent to an activating group) is 1. The highest BCUT2D eigenvalue weighted by Crippen LogP contribution is 2.34. The zero-order valence-corrected chi connectivity index (χ0v) is 14.8. The fourth-order valence-corrected chi connectivity index (χ4v) is 2.30. The van der Waals surface area contributed by atoms with Crippen molar-refractivity contribution in [3.63, 3.8) is 0 Å². The molecule has 0 saturated heterocycles. The van der Waals surface area contributed by atoms with Crippen LogP contribution in [0.15, 0.2) is 48.5 Å². The second-order valence-corrected chi connectivity index (χ2v) is 5.90. The SMILES string of the molecule is Cc1ccccc1OCC(=O)N(C)CC(=O)Nc1ccccc1C(F)(F)F. The van der Waals surface area contributed by atoms with Gasteiger partial charge in [0.25, 0.3) is 5.91 Å². The fourth-order valence-electron chi connectivity index (χ4n) is 2.30. The van der Waals surface area contributed by atoms with Crippen molar-refractivity contribution in [3.05, 3.63) is 59.7 Å². The van der Waals surface area contributed by atoms with Crippen molar-refractivity contribution < 1.29 is 27.5 Å². The van der Waals surface area contributed by atoms with E-state index in [9.17, 15) is 22.8 Å². The van der Waals surface area contributed by atoms with E-state index in [2.05, 4.69) is 5.32 Å². The van der Waals surface area contributed by atoms with Crippen LogP contribution in [0.2, 0.25) is 0 Å². The van der Waals surface area contributed by atoms with Gasteiger partial charge in [-0.05, 0) is 30.7 Å². The van der Waals surface area contributed by atoms with E-state index in [0.29, 0.717) is 5.75 Å². The number of nitrogens with one attached hydrogen (secondary N) is 1. The highest BCUT2D eigenvalue weighted by Gasteiger charge is 2.33. The van der Waals surface area contributed by atoms with Crippen LogP contribution in [0.5, 0.6) is 5.75 Å². The Bertz CT molecular complexity index is 822. The van der Waals surface area contributed by atoms with Crippen LogP contribution in [0.4, 0.5) is 18.9 Å². The first-order valence-corrected chi connectivity index (χ1v) is 8.07. The second kappa shape index (κ2) is 8.57. The third kappa shape index (κ3) is 5.73. The van der Waals surface area contributed by atoms with Crippen LogP contribution in [-0.2, 0) is 15.8 Å². The van der Waals surface area contributed by atoms with Gasteiger partial charge in [0.15, 0.2) is 6.61 Å². The Morgan fingerprint density at radius 1 is 1.07 bits per heavy atom. The van der Waals surface area contributed by atoms with Crippen LogP contribution in [-0.4, -0.2) is 36.9 Å². The van der Waals surface area contributed by atoms with Gasteiger partial charge < -0.3 is 15.0 Å². The average molecular weight is 380 g/mol. The summed E-state index contributed by atoms with van der Waals surface area (Å²) in [6.07, 6.45) is -4.59. The van der Waals surface area contributed by atoms with Gasteiger partial charge >= 0.3 is 6.18 Å². The van der Waals surface area contributed by atoms with E-state index >= 15 is 0 Å². The molecule has 5 nitrogen and oxygen atoms in total. The molecule has 0 aromatic heterocycles. The first-order chi connectivity index (χ1) is 12.7. The maximum Gasteiger partial charge on any atom is 0.418 e. The number of halogens is 3. The molecule has 1 N–H and O–H groups in total. The summed E-state index contributed by atoms with van der Waals surface area (Å²) in [6, 6.07) is 11.8. The number of amides is 2. The van der Waals surface area contributed by atoms with Crippen LogP contribution >= 0.6 is 0 Å². The topological polar surface area (TPSA) is 58.6 Å². The molecule has 2 rings (SSSR count). The smallest absolute Gasteiger partial charge is 0.418 e. The van der Waals surface area contributed by atoms with Crippen molar-refractivity contribution in [2.75, 3.05) is 25.5 Å². The lowest BCUT2D eigenvalue weighted by molar-refractivity contribution is -0.137. The first-order valence-electron chi connectivity index (χ1n) is 8.07. The molecule has 8 heteroatoms. The molecular formula is C19H19F3N2O3. The zero-order chi connectivity index (χ0) is 20.0. The molecule has 0 aliphatic carbocycles. The quantitative estimate of drug-likeness (QED) is 0.835. The Hall–Kier alpha value is -3.03. The van der Waals surface area contributed by atoms with Gasteiger partial charge in [0.2, 0.25) is 5.91 Å². The largest absolute Gasteiger partial charge is 0.484 e. The molecule has 0 bridgehead atoms. The highest BCUT2D eigenvalue weighted by molar-refractivity contribution is 5.95. The van der Waals surface area contributed by atoms with Crippen LogP contribution in [0.1, 0.15) is 11.1 Å². The monoisotopic (exact) mass is 380 g/mol. The summed E-state index contributed by atoms with van der Waals surface area (Å²) in [4.78, 5) is 25.2. The Kier molecular flexibility index (Phi) is 6.44. The normalized spacial score (nSPS) is 11.0. The Balaban J connectivity index is 1.92. The Labute approximate surface area is 154 Å². The predicted molar refractivity (Wildman–Crippen MR) is 94.4 cm³/mol. The molecule has 0 heterocycles. The molecule has 144 valence electrons. The molecular weight excluding hydrogens is 361 g/mol. The number of hydrogen-bond acceptors (Lipinski definition) is 3. The van der Waals surface area contributed by atoms with Gasteiger partial charge in [0.1, 0.15) is 5.75 Å². The van der Waals surface area contributed by atoms with E-state index in [-0.39, 0.29) is 12.3 Å².